The van der Waals surface area contributed by atoms with Gasteiger partial charge in [0.25, 0.3) is 0 Å². The average Bonchev–Trinajstić information content (AvgIpc) is 2.42. The Kier molecular flexibility index (Phi) is 5.62. The molecule has 0 aliphatic heterocycles. The maximum absolute atomic E-state index is 5.82. The molecule has 2 aromatic carbocycles. The highest BCUT2D eigenvalue weighted by molar-refractivity contribution is 9.10. The second kappa shape index (κ2) is 7.46. The molecule has 0 aliphatic carbocycles. The van der Waals surface area contributed by atoms with Gasteiger partial charge in [0.15, 0.2) is 0 Å². The molecule has 20 heavy (non-hydrogen) atoms. The fourth-order valence-corrected chi connectivity index (χ4v) is 2.62. The molecule has 106 valence electrons. The summed E-state index contributed by atoms with van der Waals surface area (Å²) in [4.78, 5) is 0. The zero-order chi connectivity index (χ0) is 14.4. The van der Waals surface area contributed by atoms with Crippen LogP contribution in [0.3, 0.4) is 0 Å². The summed E-state index contributed by atoms with van der Waals surface area (Å²) >= 11 is 3.56. The zero-order valence-electron chi connectivity index (χ0n) is 11.7. The van der Waals surface area contributed by atoms with E-state index >= 15 is 0 Å². The first-order valence-electron chi connectivity index (χ1n) is 6.86. The maximum atomic E-state index is 5.82. The summed E-state index contributed by atoms with van der Waals surface area (Å²) in [6.07, 6.45) is 1.79. The van der Waals surface area contributed by atoms with Gasteiger partial charge in [0, 0.05) is 12.5 Å². The van der Waals surface area contributed by atoms with Crippen LogP contribution < -0.4 is 10.5 Å². The molecule has 3 heteroatoms. The highest BCUT2D eigenvalue weighted by atomic mass is 79.9. The predicted molar refractivity (Wildman–Crippen MR) is 87.1 cm³/mol. The number of ether oxygens (including phenoxy) is 1. The van der Waals surface area contributed by atoms with Crippen LogP contribution >= 0.6 is 15.9 Å². The number of benzene rings is 2. The summed E-state index contributed by atoms with van der Waals surface area (Å²) in [5.74, 6) is 0.884. The SMILES string of the molecule is CC(N)Cc1ccc(OCCc2ccccc2)c(Br)c1. The van der Waals surface area contributed by atoms with Crippen molar-refractivity contribution in [1.82, 2.24) is 0 Å². The first-order chi connectivity index (χ1) is 9.65. The van der Waals surface area contributed by atoms with Crippen molar-refractivity contribution in [2.75, 3.05) is 6.61 Å². The molecule has 0 saturated heterocycles. The normalized spacial score (nSPS) is 12.2. The number of hydrogen-bond donors (Lipinski definition) is 1. The van der Waals surface area contributed by atoms with Crippen LogP contribution in [0.2, 0.25) is 0 Å². The lowest BCUT2D eigenvalue weighted by molar-refractivity contribution is 0.320. The van der Waals surface area contributed by atoms with Gasteiger partial charge in [0.1, 0.15) is 5.75 Å². The van der Waals surface area contributed by atoms with E-state index in [1.807, 2.05) is 31.2 Å². The van der Waals surface area contributed by atoms with Crippen LogP contribution in [0.4, 0.5) is 0 Å². The van der Waals surface area contributed by atoms with Gasteiger partial charge in [-0.05, 0) is 52.5 Å². The van der Waals surface area contributed by atoms with Crippen molar-refractivity contribution in [1.29, 1.82) is 0 Å². The van der Waals surface area contributed by atoms with Crippen molar-refractivity contribution < 1.29 is 4.74 Å². The topological polar surface area (TPSA) is 35.2 Å². The molecule has 2 N–H and O–H groups in total. The molecule has 2 rings (SSSR count). The Hall–Kier alpha value is -1.32. The number of hydrogen-bond acceptors (Lipinski definition) is 2. The van der Waals surface area contributed by atoms with Crippen molar-refractivity contribution >= 4 is 15.9 Å². The van der Waals surface area contributed by atoms with Crippen LogP contribution in [0, 0.1) is 0 Å². The van der Waals surface area contributed by atoms with E-state index in [4.69, 9.17) is 10.5 Å². The smallest absolute Gasteiger partial charge is 0.133 e. The van der Waals surface area contributed by atoms with Crippen molar-refractivity contribution in [3.63, 3.8) is 0 Å². The molecule has 0 radical (unpaired) electrons. The van der Waals surface area contributed by atoms with E-state index in [1.165, 1.54) is 11.1 Å². The molecule has 2 nitrogen and oxygen atoms in total. The standard InChI is InChI=1S/C17H20BrNO/c1-13(19)11-15-7-8-17(16(18)12-15)20-10-9-14-5-3-2-4-6-14/h2-8,12-13H,9-11,19H2,1H3. The Balaban J connectivity index is 1.90. The van der Waals surface area contributed by atoms with Gasteiger partial charge in [0.2, 0.25) is 0 Å². The molecule has 0 spiro atoms. The van der Waals surface area contributed by atoms with Crippen molar-refractivity contribution in [2.45, 2.75) is 25.8 Å². The first-order valence-corrected chi connectivity index (χ1v) is 7.65. The van der Waals surface area contributed by atoms with Gasteiger partial charge in [-0.3, -0.25) is 0 Å². The lowest BCUT2D eigenvalue weighted by Crippen LogP contribution is -2.17. The molecular formula is C17H20BrNO. The molecular weight excluding hydrogens is 314 g/mol. The molecule has 2 aromatic rings. The van der Waals surface area contributed by atoms with Gasteiger partial charge in [-0.25, -0.2) is 0 Å². The lowest BCUT2D eigenvalue weighted by atomic mass is 10.1. The Bertz CT molecular complexity index is 540. The van der Waals surface area contributed by atoms with E-state index in [2.05, 4.69) is 40.2 Å². The van der Waals surface area contributed by atoms with E-state index in [0.29, 0.717) is 6.61 Å². The van der Waals surface area contributed by atoms with Crippen molar-refractivity contribution in [3.8, 4) is 5.75 Å². The molecule has 0 fully saturated rings. The molecule has 0 amide bonds. The van der Waals surface area contributed by atoms with E-state index in [9.17, 15) is 0 Å². The minimum Gasteiger partial charge on any atom is -0.492 e. The highest BCUT2D eigenvalue weighted by Crippen LogP contribution is 2.26. The molecule has 0 bridgehead atoms. The average molecular weight is 334 g/mol. The summed E-state index contributed by atoms with van der Waals surface area (Å²) in [6.45, 7) is 2.69. The summed E-state index contributed by atoms with van der Waals surface area (Å²) in [6, 6.07) is 16.7. The quantitative estimate of drug-likeness (QED) is 0.868. The summed E-state index contributed by atoms with van der Waals surface area (Å²) in [7, 11) is 0. The third-order valence-electron chi connectivity index (χ3n) is 3.05. The van der Waals surface area contributed by atoms with Crippen molar-refractivity contribution in [3.05, 3.63) is 64.1 Å². The predicted octanol–water partition coefficient (Wildman–Crippen LogP) is 3.96. The third-order valence-corrected chi connectivity index (χ3v) is 3.66. The van der Waals surface area contributed by atoms with Gasteiger partial charge in [-0.2, -0.15) is 0 Å². The highest BCUT2D eigenvalue weighted by Gasteiger charge is 2.04. The Labute approximate surface area is 129 Å². The summed E-state index contributed by atoms with van der Waals surface area (Å²) in [5.41, 5.74) is 8.32. The maximum Gasteiger partial charge on any atom is 0.133 e. The summed E-state index contributed by atoms with van der Waals surface area (Å²) in [5, 5.41) is 0. The number of nitrogens with two attached hydrogens (primary N) is 1. The van der Waals surface area contributed by atoms with E-state index in [0.717, 1.165) is 23.1 Å². The van der Waals surface area contributed by atoms with Gasteiger partial charge >= 0.3 is 0 Å². The second-order valence-electron chi connectivity index (χ2n) is 5.03. The van der Waals surface area contributed by atoms with Crippen LogP contribution in [0.25, 0.3) is 0 Å². The van der Waals surface area contributed by atoms with Gasteiger partial charge in [-0.15, -0.1) is 0 Å². The molecule has 0 saturated carbocycles. The number of rotatable bonds is 6. The van der Waals surface area contributed by atoms with E-state index in [-0.39, 0.29) is 6.04 Å². The second-order valence-corrected chi connectivity index (χ2v) is 5.88. The Morgan fingerprint density at radius 1 is 1.10 bits per heavy atom. The largest absolute Gasteiger partial charge is 0.492 e. The minimum atomic E-state index is 0.173. The van der Waals surface area contributed by atoms with Gasteiger partial charge in [-0.1, -0.05) is 36.4 Å². The first kappa shape index (κ1) is 15.1. The molecule has 0 heterocycles. The molecule has 0 aromatic heterocycles. The minimum absolute atomic E-state index is 0.173. The molecule has 1 unspecified atom stereocenters. The lowest BCUT2D eigenvalue weighted by Gasteiger charge is -2.11. The Morgan fingerprint density at radius 2 is 1.85 bits per heavy atom. The van der Waals surface area contributed by atoms with Crippen LogP contribution in [0.15, 0.2) is 53.0 Å². The summed E-state index contributed by atoms with van der Waals surface area (Å²) < 4.78 is 6.81. The van der Waals surface area contributed by atoms with Gasteiger partial charge in [0.05, 0.1) is 11.1 Å². The molecule has 1 atom stereocenters. The van der Waals surface area contributed by atoms with Crippen LogP contribution in [-0.2, 0) is 12.8 Å². The monoisotopic (exact) mass is 333 g/mol. The Morgan fingerprint density at radius 3 is 2.50 bits per heavy atom. The van der Waals surface area contributed by atoms with Crippen LogP contribution in [0.5, 0.6) is 5.75 Å². The molecule has 0 aliphatic rings. The number of halogens is 1. The fraction of sp³-hybridized carbons (Fsp3) is 0.294. The van der Waals surface area contributed by atoms with E-state index < -0.39 is 0 Å². The zero-order valence-corrected chi connectivity index (χ0v) is 13.3. The van der Waals surface area contributed by atoms with E-state index in [1.54, 1.807) is 0 Å². The van der Waals surface area contributed by atoms with Crippen molar-refractivity contribution in [2.24, 2.45) is 5.73 Å². The van der Waals surface area contributed by atoms with Crippen LogP contribution in [0.1, 0.15) is 18.1 Å². The van der Waals surface area contributed by atoms with Crippen LogP contribution in [-0.4, -0.2) is 12.6 Å². The third kappa shape index (κ3) is 4.66. The fourth-order valence-electron chi connectivity index (χ4n) is 2.08. The van der Waals surface area contributed by atoms with Gasteiger partial charge < -0.3 is 10.5 Å².